The first kappa shape index (κ1) is 17.5. The highest BCUT2D eigenvalue weighted by Gasteiger charge is 2.09. The summed E-state index contributed by atoms with van der Waals surface area (Å²) in [5, 5.41) is 10.3. The van der Waals surface area contributed by atoms with Gasteiger partial charge >= 0.3 is 0 Å². The molecule has 2 heterocycles. The van der Waals surface area contributed by atoms with Gasteiger partial charge in [-0.05, 0) is 31.2 Å². The van der Waals surface area contributed by atoms with E-state index in [9.17, 15) is 0 Å². The lowest BCUT2D eigenvalue weighted by Gasteiger charge is -2.11. The first-order valence-corrected chi connectivity index (χ1v) is 8.75. The molecule has 2 aromatic carbocycles. The average Bonchev–Trinajstić information content (AvgIpc) is 3.13. The molecule has 0 bridgehead atoms. The molecule has 28 heavy (non-hydrogen) atoms. The van der Waals surface area contributed by atoms with Crippen molar-refractivity contribution in [2.75, 3.05) is 17.7 Å². The van der Waals surface area contributed by atoms with E-state index in [2.05, 4.69) is 25.8 Å². The lowest BCUT2D eigenvalue weighted by Crippen LogP contribution is -2.02. The molecule has 2 N–H and O–H groups in total. The average molecular weight is 373 g/mol. The Morgan fingerprint density at radius 1 is 0.857 bits per heavy atom. The van der Waals surface area contributed by atoms with Gasteiger partial charge < -0.3 is 19.9 Å². The summed E-state index contributed by atoms with van der Waals surface area (Å²) in [6, 6.07) is 21.2. The second kappa shape index (κ2) is 7.79. The van der Waals surface area contributed by atoms with Crippen LogP contribution in [0.15, 0.2) is 71.3 Å². The highest BCUT2D eigenvalue weighted by atomic mass is 16.5. The van der Waals surface area contributed by atoms with Crippen LogP contribution in [0.2, 0.25) is 0 Å². The summed E-state index contributed by atoms with van der Waals surface area (Å²) in [6.45, 7) is 1.83. The van der Waals surface area contributed by atoms with E-state index in [0.29, 0.717) is 23.3 Å². The van der Waals surface area contributed by atoms with E-state index in [1.165, 1.54) is 0 Å². The summed E-state index contributed by atoms with van der Waals surface area (Å²) in [5.41, 5.74) is 2.66. The molecule has 7 nitrogen and oxygen atoms in total. The fraction of sp³-hybridized carbons (Fsp3) is 0.0952. The Morgan fingerprint density at radius 3 is 2.32 bits per heavy atom. The molecule has 0 aliphatic rings. The summed E-state index contributed by atoms with van der Waals surface area (Å²) in [4.78, 5) is 9.17. The molecule has 140 valence electrons. The minimum Gasteiger partial charge on any atom is -0.497 e. The van der Waals surface area contributed by atoms with Crippen LogP contribution >= 0.6 is 0 Å². The van der Waals surface area contributed by atoms with E-state index in [4.69, 9.17) is 9.26 Å². The Kier molecular flexibility index (Phi) is 4.88. The highest BCUT2D eigenvalue weighted by molar-refractivity contribution is 5.68. The zero-order valence-electron chi connectivity index (χ0n) is 15.5. The van der Waals surface area contributed by atoms with Crippen LogP contribution in [0.25, 0.3) is 11.3 Å². The summed E-state index contributed by atoms with van der Waals surface area (Å²) < 4.78 is 10.3. The molecule has 7 heteroatoms. The Labute approximate surface area is 162 Å². The fourth-order valence-electron chi connectivity index (χ4n) is 2.69. The molecular weight excluding hydrogens is 354 g/mol. The second-order valence-corrected chi connectivity index (χ2v) is 6.13. The minimum absolute atomic E-state index is 0.422. The van der Waals surface area contributed by atoms with Crippen LogP contribution in [-0.4, -0.2) is 22.2 Å². The number of hydrogen-bond acceptors (Lipinski definition) is 7. The molecule has 0 aliphatic carbocycles. The molecule has 0 amide bonds. The fourth-order valence-corrected chi connectivity index (χ4v) is 2.69. The van der Waals surface area contributed by atoms with Crippen molar-refractivity contribution in [1.29, 1.82) is 0 Å². The van der Waals surface area contributed by atoms with Gasteiger partial charge in [-0.1, -0.05) is 35.5 Å². The van der Waals surface area contributed by atoms with Crippen molar-refractivity contribution >= 4 is 23.3 Å². The van der Waals surface area contributed by atoms with Crippen LogP contribution in [-0.2, 0) is 0 Å². The van der Waals surface area contributed by atoms with E-state index in [-0.39, 0.29) is 0 Å². The van der Waals surface area contributed by atoms with Crippen LogP contribution in [0.4, 0.5) is 23.3 Å². The lowest BCUT2D eigenvalue weighted by atomic mass is 10.1. The predicted octanol–water partition coefficient (Wildman–Crippen LogP) is 4.94. The summed E-state index contributed by atoms with van der Waals surface area (Å²) in [6.07, 6.45) is 0. The van der Waals surface area contributed by atoms with Gasteiger partial charge in [0.05, 0.1) is 12.8 Å². The maximum Gasteiger partial charge on any atom is 0.231 e. The maximum atomic E-state index is 5.20. The SMILES string of the molecule is COc1ccc(Nc2cc(-c3ccccc3)nc(Nc3cc(C)on3)n2)cc1. The molecule has 0 saturated heterocycles. The van der Waals surface area contributed by atoms with Crippen molar-refractivity contribution in [2.24, 2.45) is 0 Å². The number of ether oxygens (including phenoxy) is 1. The number of aromatic nitrogens is 3. The van der Waals surface area contributed by atoms with E-state index >= 15 is 0 Å². The summed E-state index contributed by atoms with van der Waals surface area (Å²) in [5.74, 6) is 3.13. The normalized spacial score (nSPS) is 10.5. The molecule has 4 rings (SSSR count). The molecule has 0 spiro atoms. The summed E-state index contributed by atoms with van der Waals surface area (Å²) >= 11 is 0. The molecule has 0 fully saturated rings. The van der Waals surface area contributed by atoms with Gasteiger partial charge in [-0.15, -0.1) is 0 Å². The second-order valence-electron chi connectivity index (χ2n) is 6.13. The molecule has 0 radical (unpaired) electrons. The number of aryl methyl sites for hydroxylation is 1. The number of anilines is 4. The van der Waals surface area contributed by atoms with Gasteiger partial charge in [0.1, 0.15) is 17.3 Å². The minimum atomic E-state index is 0.422. The van der Waals surface area contributed by atoms with Crippen molar-refractivity contribution in [1.82, 2.24) is 15.1 Å². The van der Waals surface area contributed by atoms with E-state index in [1.807, 2.05) is 67.6 Å². The van der Waals surface area contributed by atoms with Gasteiger partial charge in [0, 0.05) is 23.4 Å². The van der Waals surface area contributed by atoms with Gasteiger partial charge in [-0.25, -0.2) is 4.98 Å². The topological polar surface area (TPSA) is 85.1 Å². The van der Waals surface area contributed by atoms with Crippen molar-refractivity contribution < 1.29 is 9.26 Å². The lowest BCUT2D eigenvalue weighted by molar-refractivity contribution is 0.400. The van der Waals surface area contributed by atoms with Crippen LogP contribution in [0, 0.1) is 6.92 Å². The Bertz CT molecular complexity index is 1060. The zero-order chi connectivity index (χ0) is 19.3. The van der Waals surface area contributed by atoms with Crippen LogP contribution in [0.5, 0.6) is 5.75 Å². The third kappa shape index (κ3) is 4.09. The standard InChI is InChI=1S/C21H19N5O2/c1-14-12-20(26-28-14)25-21-23-18(15-6-4-3-5-7-15)13-19(24-21)22-16-8-10-17(27-2)11-9-16/h3-13H,1-2H3,(H2,22,23,24,25,26). The number of hydrogen-bond donors (Lipinski definition) is 2. The Hall–Kier alpha value is -3.87. The first-order chi connectivity index (χ1) is 13.7. The molecule has 0 atom stereocenters. The quantitative estimate of drug-likeness (QED) is 0.495. The monoisotopic (exact) mass is 373 g/mol. The molecule has 0 aliphatic heterocycles. The molecular formula is C21H19N5O2. The van der Waals surface area contributed by atoms with Crippen molar-refractivity contribution in [3.63, 3.8) is 0 Å². The maximum absolute atomic E-state index is 5.20. The van der Waals surface area contributed by atoms with Crippen molar-refractivity contribution in [3.05, 3.63) is 72.5 Å². The smallest absolute Gasteiger partial charge is 0.231 e. The van der Waals surface area contributed by atoms with Crippen molar-refractivity contribution in [3.8, 4) is 17.0 Å². The van der Waals surface area contributed by atoms with Crippen LogP contribution < -0.4 is 15.4 Å². The first-order valence-electron chi connectivity index (χ1n) is 8.75. The van der Waals surface area contributed by atoms with Gasteiger partial charge in [-0.3, -0.25) is 0 Å². The van der Waals surface area contributed by atoms with Gasteiger partial charge in [-0.2, -0.15) is 4.98 Å². The third-order valence-corrected chi connectivity index (χ3v) is 4.03. The highest BCUT2D eigenvalue weighted by Crippen LogP contribution is 2.25. The van der Waals surface area contributed by atoms with E-state index in [1.54, 1.807) is 13.2 Å². The zero-order valence-corrected chi connectivity index (χ0v) is 15.5. The molecule has 0 saturated carbocycles. The largest absolute Gasteiger partial charge is 0.497 e. The van der Waals surface area contributed by atoms with E-state index < -0.39 is 0 Å². The molecule has 4 aromatic rings. The number of rotatable bonds is 6. The number of nitrogens with zero attached hydrogens (tertiary/aromatic N) is 3. The predicted molar refractivity (Wildman–Crippen MR) is 108 cm³/mol. The molecule has 2 aromatic heterocycles. The van der Waals surface area contributed by atoms with Crippen LogP contribution in [0.1, 0.15) is 5.76 Å². The van der Waals surface area contributed by atoms with Crippen molar-refractivity contribution in [2.45, 2.75) is 6.92 Å². The Balaban J connectivity index is 1.68. The van der Waals surface area contributed by atoms with Gasteiger partial charge in [0.25, 0.3) is 0 Å². The third-order valence-electron chi connectivity index (χ3n) is 4.03. The van der Waals surface area contributed by atoms with Crippen LogP contribution in [0.3, 0.4) is 0 Å². The number of methoxy groups -OCH3 is 1. The Morgan fingerprint density at radius 2 is 1.64 bits per heavy atom. The number of nitrogens with one attached hydrogen (secondary N) is 2. The van der Waals surface area contributed by atoms with Gasteiger partial charge in [0.15, 0.2) is 5.82 Å². The van der Waals surface area contributed by atoms with E-state index in [0.717, 1.165) is 22.7 Å². The number of benzene rings is 2. The molecule has 0 unspecified atom stereocenters. The summed E-state index contributed by atoms with van der Waals surface area (Å²) in [7, 11) is 1.64. The van der Waals surface area contributed by atoms with Gasteiger partial charge in [0.2, 0.25) is 5.95 Å².